The molecule has 11 heteroatoms. The van der Waals surface area contributed by atoms with Gasteiger partial charge in [0.2, 0.25) is 5.43 Å². The lowest BCUT2D eigenvalue weighted by Gasteiger charge is -2.45. The van der Waals surface area contributed by atoms with Crippen LogP contribution in [0.15, 0.2) is 59.5 Å². The van der Waals surface area contributed by atoms with Gasteiger partial charge in [-0.1, -0.05) is 36.4 Å². The number of fused-ring (bicyclic) bond motifs is 1. The van der Waals surface area contributed by atoms with E-state index in [1.54, 1.807) is 16.6 Å². The molecular formula is C29H29F2N3O6. The molecule has 0 aliphatic carbocycles. The zero-order valence-corrected chi connectivity index (χ0v) is 22.0. The van der Waals surface area contributed by atoms with Gasteiger partial charge in [0.05, 0.1) is 18.8 Å². The maximum Gasteiger partial charge on any atom is 0.275 e. The van der Waals surface area contributed by atoms with E-state index in [-0.39, 0.29) is 48.8 Å². The van der Waals surface area contributed by atoms with E-state index in [1.165, 1.54) is 12.3 Å². The second-order valence-corrected chi connectivity index (χ2v) is 9.85. The standard InChI is InChI=1S/C29H29F2N3O6/c1-38-12-10-34-28(37)24-26(40-16-19-5-3-2-4-6-19)25(35)22(15-33(24)17-29(34)9-11-39-18-29)27(36)32-14-20-7-8-21(30)13-23(20)31/h2-8,13,15H,9-12,14,16-18H2,1H3,(H,32,36). The minimum atomic E-state index is -0.820. The van der Waals surface area contributed by atoms with E-state index < -0.39 is 34.4 Å². The van der Waals surface area contributed by atoms with Gasteiger partial charge in [0.15, 0.2) is 11.4 Å². The Hall–Kier alpha value is -4.09. The molecule has 1 aromatic heterocycles. The number of nitrogens with one attached hydrogen (secondary N) is 1. The number of nitrogens with zero attached hydrogens (tertiary/aromatic N) is 2. The third kappa shape index (κ3) is 5.34. The highest BCUT2D eigenvalue weighted by molar-refractivity contribution is 5.99. The van der Waals surface area contributed by atoms with Gasteiger partial charge in [-0.3, -0.25) is 14.4 Å². The maximum absolute atomic E-state index is 14.1. The second-order valence-electron chi connectivity index (χ2n) is 9.85. The summed E-state index contributed by atoms with van der Waals surface area (Å²) in [5.41, 5.74) is -0.851. The molecule has 3 heterocycles. The first-order valence-electron chi connectivity index (χ1n) is 12.9. The first kappa shape index (κ1) is 27.5. The third-order valence-corrected chi connectivity index (χ3v) is 7.25. The van der Waals surface area contributed by atoms with Crippen molar-refractivity contribution in [1.82, 2.24) is 14.8 Å². The van der Waals surface area contributed by atoms with Crippen molar-refractivity contribution < 1.29 is 32.6 Å². The number of rotatable bonds is 9. The lowest BCUT2D eigenvalue weighted by molar-refractivity contribution is 0.0137. The molecule has 2 aromatic carbocycles. The van der Waals surface area contributed by atoms with E-state index in [2.05, 4.69) is 5.32 Å². The summed E-state index contributed by atoms with van der Waals surface area (Å²) in [6.45, 7) is 1.32. The number of carbonyl (C=O) groups excluding carboxylic acids is 2. The van der Waals surface area contributed by atoms with Crippen LogP contribution in [0.25, 0.3) is 0 Å². The monoisotopic (exact) mass is 553 g/mol. The molecule has 0 radical (unpaired) electrons. The van der Waals surface area contributed by atoms with E-state index in [0.29, 0.717) is 26.2 Å². The van der Waals surface area contributed by atoms with Crippen LogP contribution in [-0.4, -0.2) is 60.3 Å². The molecule has 0 bridgehead atoms. The molecule has 3 aromatic rings. The Morgan fingerprint density at radius 2 is 1.95 bits per heavy atom. The first-order valence-corrected chi connectivity index (χ1v) is 12.9. The van der Waals surface area contributed by atoms with Crippen LogP contribution in [-0.2, 0) is 29.2 Å². The Morgan fingerprint density at radius 1 is 1.15 bits per heavy atom. The van der Waals surface area contributed by atoms with Crippen molar-refractivity contribution in [3.8, 4) is 5.75 Å². The van der Waals surface area contributed by atoms with Crippen LogP contribution in [0.2, 0.25) is 0 Å². The Morgan fingerprint density at radius 3 is 2.65 bits per heavy atom. The lowest BCUT2D eigenvalue weighted by atomic mass is 9.91. The Labute approximate surface area is 229 Å². The summed E-state index contributed by atoms with van der Waals surface area (Å²) in [6.07, 6.45) is 1.91. The molecule has 1 spiro atoms. The maximum atomic E-state index is 14.1. The SMILES string of the molecule is COCCN1C(=O)c2c(OCc3ccccc3)c(=O)c(C(=O)NCc3ccc(F)cc3F)cn2CC12CCOC2. The summed E-state index contributed by atoms with van der Waals surface area (Å²) in [5.74, 6) is -3.01. The summed E-state index contributed by atoms with van der Waals surface area (Å²) in [5, 5.41) is 2.53. The van der Waals surface area contributed by atoms with Gasteiger partial charge < -0.3 is 29.0 Å². The molecule has 40 heavy (non-hydrogen) atoms. The first-order chi connectivity index (χ1) is 19.3. The van der Waals surface area contributed by atoms with E-state index in [0.717, 1.165) is 17.7 Å². The highest BCUT2D eigenvalue weighted by Crippen LogP contribution is 2.36. The Kier molecular flexibility index (Phi) is 7.95. The smallest absolute Gasteiger partial charge is 0.275 e. The van der Waals surface area contributed by atoms with Crippen molar-refractivity contribution in [1.29, 1.82) is 0 Å². The molecular weight excluding hydrogens is 524 g/mol. The molecule has 9 nitrogen and oxygen atoms in total. The fourth-order valence-electron chi connectivity index (χ4n) is 5.15. The number of pyridine rings is 1. The predicted molar refractivity (Wildman–Crippen MR) is 140 cm³/mol. The fourth-order valence-corrected chi connectivity index (χ4v) is 5.15. The molecule has 2 amide bonds. The van der Waals surface area contributed by atoms with E-state index in [1.807, 2.05) is 30.3 Å². The van der Waals surface area contributed by atoms with Gasteiger partial charge in [-0.05, 0) is 18.1 Å². The molecule has 1 saturated heterocycles. The van der Waals surface area contributed by atoms with E-state index >= 15 is 0 Å². The molecule has 210 valence electrons. The van der Waals surface area contributed by atoms with Crippen molar-refractivity contribution in [2.24, 2.45) is 0 Å². The highest BCUT2D eigenvalue weighted by atomic mass is 19.1. The van der Waals surface area contributed by atoms with Gasteiger partial charge in [-0.25, -0.2) is 8.78 Å². The number of ether oxygens (including phenoxy) is 3. The van der Waals surface area contributed by atoms with E-state index in [9.17, 15) is 23.2 Å². The minimum absolute atomic E-state index is 0.00541. The Bertz CT molecular complexity index is 1470. The number of hydrogen-bond donors (Lipinski definition) is 1. The normalized spacial score (nSPS) is 18.2. The summed E-state index contributed by atoms with van der Waals surface area (Å²) in [6, 6.07) is 12.1. The van der Waals surface area contributed by atoms with Crippen molar-refractivity contribution in [3.05, 3.63) is 99.0 Å². The number of benzene rings is 2. The van der Waals surface area contributed by atoms with Crippen molar-refractivity contribution >= 4 is 11.8 Å². The summed E-state index contributed by atoms with van der Waals surface area (Å²) in [4.78, 5) is 42.5. The van der Waals surface area contributed by atoms with Crippen LogP contribution in [0.3, 0.4) is 0 Å². The predicted octanol–water partition coefficient (Wildman–Crippen LogP) is 2.90. The van der Waals surface area contributed by atoms with E-state index in [4.69, 9.17) is 14.2 Å². The second kappa shape index (κ2) is 11.6. The fraction of sp³-hybridized carbons (Fsp3) is 0.345. The third-order valence-electron chi connectivity index (χ3n) is 7.25. The largest absolute Gasteiger partial charge is 0.483 e. The zero-order chi connectivity index (χ0) is 28.3. The van der Waals surface area contributed by atoms with Crippen LogP contribution in [0.5, 0.6) is 5.75 Å². The lowest BCUT2D eigenvalue weighted by Crippen LogP contribution is -2.60. The summed E-state index contributed by atoms with van der Waals surface area (Å²) < 4.78 is 45.9. The minimum Gasteiger partial charge on any atom is -0.483 e. The van der Waals surface area contributed by atoms with Crippen LogP contribution < -0.4 is 15.5 Å². The van der Waals surface area contributed by atoms with Crippen molar-refractivity contribution in [2.45, 2.75) is 31.7 Å². The van der Waals surface area contributed by atoms with Gasteiger partial charge in [0.1, 0.15) is 23.8 Å². The average molecular weight is 554 g/mol. The van der Waals surface area contributed by atoms with Gasteiger partial charge >= 0.3 is 0 Å². The van der Waals surface area contributed by atoms with Gasteiger partial charge in [-0.2, -0.15) is 0 Å². The quantitative estimate of drug-likeness (QED) is 0.438. The molecule has 1 fully saturated rings. The van der Waals surface area contributed by atoms with Gasteiger partial charge in [0.25, 0.3) is 11.8 Å². The average Bonchev–Trinajstić information content (AvgIpc) is 3.41. The number of amides is 2. The molecule has 5 rings (SSSR count). The molecule has 1 atom stereocenters. The Balaban J connectivity index is 1.53. The number of halogens is 2. The number of methoxy groups -OCH3 is 1. The van der Waals surface area contributed by atoms with Crippen LogP contribution in [0, 0.1) is 11.6 Å². The molecule has 1 N–H and O–H groups in total. The molecule has 2 aliphatic rings. The molecule has 1 unspecified atom stereocenters. The van der Waals surface area contributed by atoms with Crippen molar-refractivity contribution in [3.63, 3.8) is 0 Å². The number of carbonyl (C=O) groups is 2. The summed E-state index contributed by atoms with van der Waals surface area (Å²) >= 11 is 0. The number of hydrogen-bond acceptors (Lipinski definition) is 6. The van der Waals surface area contributed by atoms with Gasteiger partial charge in [-0.15, -0.1) is 0 Å². The van der Waals surface area contributed by atoms with Crippen LogP contribution in [0.1, 0.15) is 38.4 Å². The number of aromatic nitrogens is 1. The van der Waals surface area contributed by atoms with Crippen LogP contribution in [0.4, 0.5) is 8.78 Å². The highest BCUT2D eigenvalue weighted by Gasteiger charge is 2.49. The van der Waals surface area contributed by atoms with Crippen molar-refractivity contribution in [2.75, 3.05) is 33.5 Å². The topological polar surface area (TPSA) is 99.1 Å². The molecule has 0 saturated carbocycles. The van der Waals surface area contributed by atoms with Gasteiger partial charge in [0, 0.05) is 51.2 Å². The summed E-state index contributed by atoms with van der Waals surface area (Å²) in [7, 11) is 1.54. The molecule has 2 aliphatic heterocycles. The zero-order valence-electron chi connectivity index (χ0n) is 22.0. The van der Waals surface area contributed by atoms with Crippen LogP contribution >= 0.6 is 0 Å².